The second kappa shape index (κ2) is 7.39. The predicted octanol–water partition coefficient (Wildman–Crippen LogP) is 2.38. The topological polar surface area (TPSA) is 40.5 Å². The lowest BCUT2D eigenvalue weighted by Gasteiger charge is -2.33. The fourth-order valence-electron chi connectivity index (χ4n) is 2.80. The zero-order chi connectivity index (χ0) is 14.4. The zero-order valence-electron chi connectivity index (χ0n) is 11.7. The van der Waals surface area contributed by atoms with Gasteiger partial charge in [0.25, 0.3) is 0 Å². The molecule has 1 aromatic carbocycles. The van der Waals surface area contributed by atoms with Crippen LogP contribution in [0.1, 0.15) is 31.2 Å². The number of carbonyl (C=O) groups excluding carboxylic acids is 1. The Morgan fingerprint density at radius 1 is 1.35 bits per heavy atom. The Morgan fingerprint density at radius 2 is 2.10 bits per heavy atom. The molecule has 20 heavy (non-hydrogen) atoms. The summed E-state index contributed by atoms with van der Waals surface area (Å²) in [5.41, 5.74) is 1.14. The molecule has 1 amide bonds. The Kier molecular flexibility index (Phi) is 5.53. The van der Waals surface area contributed by atoms with Crippen LogP contribution >= 0.6 is 0 Å². The summed E-state index contributed by atoms with van der Waals surface area (Å²) in [6.07, 6.45) is 4.35. The quantitative estimate of drug-likeness (QED) is 0.899. The minimum absolute atomic E-state index is 0.0546. The van der Waals surface area contributed by atoms with Crippen LogP contribution < -0.4 is 0 Å². The van der Waals surface area contributed by atoms with E-state index >= 15 is 0 Å². The molecule has 1 atom stereocenters. The molecule has 1 aromatic rings. The molecule has 0 spiro atoms. The van der Waals surface area contributed by atoms with Crippen molar-refractivity contribution in [3.8, 4) is 0 Å². The summed E-state index contributed by atoms with van der Waals surface area (Å²) in [6, 6.07) is 6.64. The molecule has 1 aliphatic rings. The van der Waals surface area contributed by atoms with Crippen molar-refractivity contribution in [1.82, 2.24) is 4.90 Å². The van der Waals surface area contributed by atoms with E-state index in [-0.39, 0.29) is 24.8 Å². The number of rotatable bonds is 5. The van der Waals surface area contributed by atoms with Crippen LogP contribution in [0.3, 0.4) is 0 Å². The van der Waals surface area contributed by atoms with E-state index in [1.165, 1.54) is 12.1 Å². The van der Waals surface area contributed by atoms with Gasteiger partial charge in [0, 0.05) is 19.5 Å². The Labute approximate surface area is 119 Å². The van der Waals surface area contributed by atoms with Crippen molar-refractivity contribution >= 4 is 5.91 Å². The molecule has 3 nitrogen and oxygen atoms in total. The van der Waals surface area contributed by atoms with Crippen molar-refractivity contribution < 1.29 is 14.3 Å². The molecule has 1 heterocycles. The lowest BCUT2D eigenvalue weighted by molar-refractivity contribution is -0.133. The lowest BCUT2D eigenvalue weighted by Crippen LogP contribution is -2.40. The van der Waals surface area contributed by atoms with Crippen LogP contribution in [0.25, 0.3) is 0 Å². The molecule has 0 bridgehead atoms. The van der Waals surface area contributed by atoms with E-state index in [0.717, 1.165) is 44.3 Å². The Bertz CT molecular complexity index is 433. The van der Waals surface area contributed by atoms with Gasteiger partial charge in [0.1, 0.15) is 5.82 Å². The van der Waals surface area contributed by atoms with Gasteiger partial charge in [-0.05, 0) is 49.3 Å². The number of nitrogens with zero attached hydrogens (tertiary/aromatic N) is 1. The van der Waals surface area contributed by atoms with Crippen LogP contribution in [-0.4, -0.2) is 35.6 Å². The molecule has 2 rings (SSSR count). The Morgan fingerprint density at radius 3 is 2.80 bits per heavy atom. The minimum Gasteiger partial charge on any atom is -0.396 e. The number of aliphatic hydroxyl groups is 1. The average Bonchev–Trinajstić information content (AvgIpc) is 2.47. The van der Waals surface area contributed by atoms with Crippen molar-refractivity contribution in [2.45, 2.75) is 32.1 Å². The molecule has 1 aliphatic heterocycles. The molecule has 1 N–H and O–H groups in total. The number of aryl methyl sites for hydroxylation is 1. The first-order valence-corrected chi connectivity index (χ1v) is 7.32. The maximum atomic E-state index is 12.8. The van der Waals surface area contributed by atoms with E-state index in [1.54, 1.807) is 0 Å². The molecule has 0 saturated carbocycles. The first-order chi connectivity index (χ1) is 9.69. The van der Waals surface area contributed by atoms with Crippen LogP contribution in [0.4, 0.5) is 4.39 Å². The third-order valence-electron chi connectivity index (χ3n) is 3.95. The fraction of sp³-hybridized carbons (Fsp3) is 0.562. The van der Waals surface area contributed by atoms with Crippen LogP contribution in [-0.2, 0) is 11.2 Å². The van der Waals surface area contributed by atoms with Gasteiger partial charge >= 0.3 is 0 Å². The van der Waals surface area contributed by atoms with Gasteiger partial charge < -0.3 is 10.0 Å². The normalized spacial score (nSPS) is 19.1. The largest absolute Gasteiger partial charge is 0.396 e. The summed E-state index contributed by atoms with van der Waals surface area (Å²) in [6.45, 7) is 1.53. The lowest BCUT2D eigenvalue weighted by atomic mass is 9.91. The number of hydrogen-bond donors (Lipinski definition) is 1. The number of amides is 1. The monoisotopic (exact) mass is 279 g/mol. The van der Waals surface area contributed by atoms with Crippen molar-refractivity contribution in [3.63, 3.8) is 0 Å². The first kappa shape index (κ1) is 15.0. The predicted molar refractivity (Wildman–Crippen MR) is 75.7 cm³/mol. The number of halogens is 1. The van der Waals surface area contributed by atoms with Gasteiger partial charge in [0.05, 0.1) is 6.61 Å². The average molecular weight is 279 g/mol. The number of aliphatic hydroxyl groups excluding tert-OH is 1. The van der Waals surface area contributed by atoms with Gasteiger partial charge in [-0.2, -0.15) is 0 Å². The van der Waals surface area contributed by atoms with Crippen LogP contribution in [0.5, 0.6) is 0 Å². The molecule has 0 unspecified atom stereocenters. The zero-order valence-corrected chi connectivity index (χ0v) is 11.7. The standard InChI is InChI=1S/C16H22FNO2/c17-15-7-5-13(6-8-15)3-4-14-2-1-10-18(12-14)16(20)9-11-19/h5-8,14,19H,1-4,9-12H2/t14-/m1/s1. The van der Waals surface area contributed by atoms with E-state index in [9.17, 15) is 9.18 Å². The van der Waals surface area contributed by atoms with E-state index < -0.39 is 0 Å². The third kappa shape index (κ3) is 4.30. The summed E-state index contributed by atoms with van der Waals surface area (Å²) in [7, 11) is 0. The van der Waals surface area contributed by atoms with Gasteiger partial charge in [-0.1, -0.05) is 12.1 Å². The highest BCUT2D eigenvalue weighted by molar-refractivity contribution is 5.76. The summed E-state index contributed by atoms with van der Waals surface area (Å²) in [4.78, 5) is 13.6. The van der Waals surface area contributed by atoms with Gasteiger partial charge in [0.2, 0.25) is 5.91 Å². The van der Waals surface area contributed by atoms with Crippen molar-refractivity contribution in [2.75, 3.05) is 19.7 Å². The SMILES string of the molecule is O=C(CCO)N1CCC[C@H](CCc2ccc(F)cc2)C1. The van der Waals surface area contributed by atoms with Crippen molar-refractivity contribution in [2.24, 2.45) is 5.92 Å². The van der Waals surface area contributed by atoms with Crippen LogP contribution in [0.15, 0.2) is 24.3 Å². The van der Waals surface area contributed by atoms with Crippen molar-refractivity contribution in [3.05, 3.63) is 35.6 Å². The van der Waals surface area contributed by atoms with E-state index in [0.29, 0.717) is 5.92 Å². The second-order valence-corrected chi connectivity index (χ2v) is 5.49. The molecular weight excluding hydrogens is 257 g/mol. The third-order valence-corrected chi connectivity index (χ3v) is 3.95. The highest BCUT2D eigenvalue weighted by Gasteiger charge is 2.22. The first-order valence-electron chi connectivity index (χ1n) is 7.32. The summed E-state index contributed by atoms with van der Waals surface area (Å²) < 4.78 is 12.8. The molecule has 4 heteroatoms. The highest BCUT2D eigenvalue weighted by Crippen LogP contribution is 2.22. The van der Waals surface area contributed by atoms with Crippen LogP contribution in [0, 0.1) is 11.7 Å². The summed E-state index contributed by atoms with van der Waals surface area (Å²) in [5, 5.41) is 8.83. The van der Waals surface area contributed by atoms with Gasteiger partial charge in [-0.25, -0.2) is 4.39 Å². The summed E-state index contributed by atoms with van der Waals surface area (Å²) >= 11 is 0. The van der Waals surface area contributed by atoms with Crippen LogP contribution in [0.2, 0.25) is 0 Å². The number of likely N-dealkylation sites (tertiary alicyclic amines) is 1. The molecule has 0 aromatic heterocycles. The number of hydrogen-bond acceptors (Lipinski definition) is 2. The molecule has 1 fully saturated rings. The van der Waals surface area contributed by atoms with Gasteiger partial charge in [-0.15, -0.1) is 0 Å². The van der Waals surface area contributed by atoms with E-state index in [1.807, 2.05) is 17.0 Å². The number of carbonyl (C=O) groups is 1. The maximum absolute atomic E-state index is 12.8. The molecule has 0 aliphatic carbocycles. The smallest absolute Gasteiger partial charge is 0.224 e. The minimum atomic E-state index is -0.202. The summed E-state index contributed by atoms with van der Waals surface area (Å²) in [5.74, 6) is 0.364. The maximum Gasteiger partial charge on any atom is 0.224 e. The molecule has 0 radical (unpaired) electrons. The van der Waals surface area contributed by atoms with E-state index in [4.69, 9.17) is 5.11 Å². The Balaban J connectivity index is 1.80. The number of benzene rings is 1. The highest BCUT2D eigenvalue weighted by atomic mass is 19.1. The molecular formula is C16H22FNO2. The molecule has 110 valence electrons. The Hall–Kier alpha value is -1.42. The second-order valence-electron chi connectivity index (χ2n) is 5.49. The number of piperidine rings is 1. The van der Waals surface area contributed by atoms with Gasteiger partial charge in [0.15, 0.2) is 0 Å². The van der Waals surface area contributed by atoms with E-state index in [2.05, 4.69) is 0 Å². The fourth-order valence-corrected chi connectivity index (χ4v) is 2.80. The van der Waals surface area contributed by atoms with Crippen molar-refractivity contribution in [1.29, 1.82) is 0 Å². The van der Waals surface area contributed by atoms with Gasteiger partial charge in [-0.3, -0.25) is 4.79 Å². The molecule has 1 saturated heterocycles.